The van der Waals surface area contributed by atoms with Gasteiger partial charge >= 0.3 is 0 Å². The number of nitrogens with one attached hydrogen (secondary N) is 1. The minimum absolute atomic E-state index is 0.118. The van der Waals surface area contributed by atoms with Crippen LogP contribution in [0.5, 0.6) is 11.5 Å². The van der Waals surface area contributed by atoms with Crippen LogP contribution in [-0.4, -0.2) is 45.2 Å². The van der Waals surface area contributed by atoms with Gasteiger partial charge in [0.05, 0.1) is 28.7 Å². The Bertz CT molecular complexity index is 1350. The number of nitrogens with zero attached hydrogens (tertiary/aromatic N) is 5. The zero-order chi connectivity index (χ0) is 24.4. The minimum atomic E-state index is 0.118. The van der Waals surface area contributed by atoms with Gasteiger partial charge in [-0.2, -0.15) is 4.98 Å². The lowest BCUT2D eigenvalue weighted by Gasteiger charge is -2.18. The smallest absolute Gasteiger partial charge is 0.264 e. The highest BCUT2D eigenvalue weighted by Crippen LogP contribution is 2.36. The maximum Gasteiger partial charge on any atom is 0.264 e. The van der Waals surface area contributed by atoms with Gasteiger partial charge in [0.15, 0.2) is 23.9 Å². The second-order valence-electron chi connectivity index (χ2n) is 8.12. The summed E-state index contributed by atoms with van der Waals surface area (Å²) in [5, 5.41) is 9.11. The first-order valence-corrected chi connectivity index (χ1v) is 12.1. The second kappa shape index (κ2) is 10.2. The standard InChI is InChI=1S/C24H24Cl2N6O3/c1-3-32-8-4-5-19(32)24-30-22(35-31-24)12-34-21-11-18-15(10-20(21)33-2)23(28-13-27-18)29-14-6-7-16(25)17(26)9-14/h6-7,9-11,13,19H,3-5,8,12H2,1-2H3,(H,27,28,29)/t19-/m0/s1. The Morgan fingerprint density at radius 2 is 2.03 bits per heavy atom. The lowest BCUT2D eigenvalue weighted by Crippen LogP contribution is -2.23. The van der Waals surface area contributed by atoms with E-state index in [-0.39, 0.29) is 12.6 Å². The molecule has 0 unspecified atom stereocenters. The van der Waals surface area contributed by atoms with E-state index < -0.39 is 0 Å². The zero-order valence-corrected chi connectivity index (χ0v) is 20.8. The molecule has 1 fully saturated rings. The highest BCUT2D eigenvalue weighted by molar-refractivity contribution is 6.42. The van der Waals surface area contributed by atoms with E-state index in [9.17, 15) is 0 Å². The first-order valence-electron chi connectivity index (χ1n) is 11.3. The highest BCUT2D eigenvalue weighted by atomic mass is 35.5. The molecule has 0 saturated carbocycles. The number of anilines is 2. The topological polar surface area (TPSA) is 98.4 Å². The summed E-state index contributed by atoms with van der Waals surface area (Å²) in [7, 11) is 1.58. The van der Waals surface area contributed by atoms with Crippen molar-refractivity contribution in [2.24, 2.45) is 0 Å². The van der Waals surface area contributed by atoms with Crippen LogP contribution in [-0.2, 0) is 6.61 Å². The summed E-state index contributed by atoms with van der Waals surface area (Å²) in [6.07, 6.45) is 3.64. The Morgan fingerprint density at radius 1 is 1.14 bits per heavy atom. The highest BCUT2D eigenvalue weighted by Gasteiger charge is 2.28. The zero-order valence-electron chi connectivity index (χ0n) is 19.3. The van der Waals surface area contributed by atoms with Crippen LogP contribution in [0.4, 0.5) is 11.5 Å². The van der Waals surface area contributed by atoms with Crippen LogP contribution in [0.15, 0.2) is 41.2 Å². The lowest BCUT2D eigenvalue weighted by molar-refractivity contribution is 0.230. The van der Waals surface area contributed by atoms with Gasteiger partial charge in [0.2, 0.25) is 0 Å². The summed E-state index contributed by atoms with van der Waals surface area (Å²) in [6, 6.07) is 9.09. The molecule has 2 aromatic heterocycles. The molecule has 0 spiro atoms. The van der Waals surface area contributed by atoms with Crippen molar-refractivity contribution in [2.45, 2.75) is 32.4 Å². The van der Waals surface area contributed by atoms with E-state index in [2.05, 4.69) is 37.2 Å². The monoisotopic (exact) mass is 514 g/mol. The number of hydrogen-bond donors (Lipinski definition) is 1. The lowest BCUT2D eigenvalue weighted by atomic mass is 10.2. The molecular formula is C24H24Cl2N6O3. The van der Waals surface area contributed by atoms with Crippen LogP contribution >= 0.6 is 23.2 Å². The number of aromatic nitrogens is 4. The van der Waals surface area contributed by atoms with Crippen molar-refractivity contribution in [3.8, 4) is 11.5 Å². The Balaban J connectivity index is 1.36. The molecule has 0 bridgehead atoms. The molecule has 3 heterocycles. The third-order valence-corrected chi connectivity index (χ3v) is 6.74. The SMILES string of the molecule is CCN1CCC[C@H]1c1noc(COc2cc3ncnc(Nc4ccc(Cl)c(Cl)c4)c3cc2OC)n1. The Morgan fingerprint density at radius 3 is 2.83 bits per heavy atom. The second-order valence-corrected chi connectivity index (χ2v) is 8.93. The van der Waals surface area contributed by atoms with E-state index in [0.717, 1.165) is 37.0 Å². The molecule has 35 heavy (non-hydrogen) atoms. The average Bonchev–Trinajstić information content (AvgIpc) is 3.54. The van der Waals surface area contributed by atoms with Crippen molar-refractivity contribution in [1.82, 2.24) is 25.0 Å². The number of likely N-dealkylation sites (tertiary alicyclic amines) is 1. The number of rotatable bonds is 8. The number of ether oxygens (including phenoxy) is 2. The molecule has 1 aliphatic heterocycles. The predicted octanol–water partition coefficient (Wildman–Crippen LogP) is 5.81. The van der Waals surface area contributed by atoms with Crippen LogP contribution in [0.3, 0.4) is 0 Å². The third kappa shape index (κ3) is 4.98. The number of benzene rings is 2. The molecule has 4 aromatic rings. The molecule has 5 rings (SSSR count). The van der Waals surface area contributed by atoms with Crippen LogP contribution in [0, 0.1) is 0 Å². The summed E-state index contributed by atoms with van der Waals surface area (Å²) in [4.78, 5) is 15.7. The first-order chi connectivity index (χ1) is 17.1. The van der Waals surface area contributed by atoms with Crippen molar-refractivity contribution >= 4 is 45.6 Å². The van der Waals surface area contributed by atoms with Crippen molar-refractivity contribution < 1.29 is 14.0 Å². The molecule has 2 aromatic carbocycles. The molecule has 9 nitrogen and oxygen atoms in total. The van der Waals surface area contributed by atoms with Crippen LogP contribution in [0.1, 0.15) is 37.5 Å². The molecule has 1 atom stereocenters. The van der Waals surface area contributed by atoms with E-state index in [1.165, 1.54) is 6.33 Å². The van der Waals surface area contributed by atoms with Crippen LogP contribution < -0.4 is 14.8 Å². The summed E-state index contributed by atoms with van der Waals surface area (Å²) in [6.45, 7) is 4.28. The van der Waals surface area contributed by atoms with E-state index in [0.29, 0.717) is 44.6 Å². The fraction of sp³-hybridized carbons (Fsp3) is 0.333. The molecule has 1 saturated heterocycles. The Labute approximate surface area is 212 Å². The number of methoxy groups -OCH3 is 1. The quantitative estimate of drug-likeness (QED) is 0.312. The van der Waals surface area contributed by atoms with E-state index >= 15 is 0 Å². The fourth-order valence-corrected chi connectivity index (χ4v) is 4.54. The summed E-state index contributed by atoms with van der Waals surface area (Å²) in [5.41, 5.74) is 1.42. The van der Waals surface area contributed by atoms with Gasteiger partial charge in [-0.3, -0.25) is 4.90 Å². The number of hydrogen-bond acceptors (Lipinski definition) is 9. The molecule has 0 amide bonds. The van der Waals surface area contributed by atoms with Gasteiger partial charge in [0.1, 0.15) is 12.1 Å². The molecule has 182 valence electrons. The van der Waals surface area contributed by atoms with Crippen LogP contribution in [0.2, 0.25) is 10.0 Å². The molecule has 0 radical (unpaired) electrons. The van der Waals surface area contributed by atoms with Crippen molar-refractivity contribution in [1.29, 1.82) is 0 Å². The number of halogens is 2. The van der Waals surface area contributed by atoms with Crippen LogP contribution in [0.25, 0.3) is 10.9 Å². The summed E-state index contributed by atoms with van der Waals surface area (Å²) >= 11 is 12.2. The molecule has 0 aliphatic carbocycles. The molecular weight excluding hydrogens is 491 g/mol. The minimum Gasteiger partial charge on any atom is -0.493 e. The molecule has 1 aliphatic rings. The van der Waals surface area contributed by atoms with Gasteiger partial charge in [0.25, 0.3) is 5.89 Å². The maximum atomic E-state index is 6.14. The summed E-state index contributed by atoms with van der Waals surface area (Å²) < 4.78 is 17.0. The van der Waals surface area contributed by atoms with Gasteiger partial charge < -0.3 is 19.3 Å². The van der Waals surface area contributed by atoms with Crippen molar-refractivity contribution in [3.63, 3.8) is 0 Å². The van der Waals surface area contributed by atoms with Gasteiger partial charge in [-0.05, 0) is 50.2 Å². The van der Waals surface area contributed by atoms with E-state index in [4.69, 9.17) is 37.2 Å². The maximum absolute atomic E-state index is 6.14. The fourth-order valence-electron chi connectivity index (χ4n) is 4.25. The Hall–Kier alpha value is -3.14. The van der Waals surface area contributed by atoms with E-state index in [1.54, 1.807) is 25.3 Å². The Kier molecular flexibility index (Phi) is 6.90. The van der Waals surface area contributed by atoms with Gasteiger partial charge in [-0.15, -0.1) is 0 Å². The third-order valence-electron chi connectivity index (χ3n) is 6.01. The summed E-state index contributed by atoms with van der Waals surface area (Å²) in [5.74, 6) is 2.75. The molecule has 11 heteroatoms. The van der Waals surface area contributed by atoms with Gasteiger partial charge in [-0.1, -0.05) is 35.3 Å². The van der Waals surface area contributed by atoms with Crippen molar-refractivity contribution in [2.75, 3.05) is 25.5 Å². The van der Waals surface area contributed by atoms with Gasteiger partial charge in [-0.25, -0.2) is 9.97 Å². The first kappa shape index (κ1) is 23.6. The number of fused-ring (bicyclic) bond motifs is 1. The average molecular weight is 515 g/mol. The van der Waals surface area contributed by atoms with Gasteiger partial charge in [0, 0.05) is 17.1 Å². The molecule has 1 N–H and O–H groups in total. The van der Waals surface area contributed by atoms with E-state index in [1.807, 2.05) is 12.1 Å². The predicted molar refractivity (Wildman–Crippen MR) is 134 cm³/mol. The van der Waals surface area contributed by atoms with Crippen molar-refractivity contribution in [3.05, 3.63) is 58.4 Å². The largest absolute Gasteiger partial charge is 0.493 e. The normalized spacial score (nSPS) is 16.1.